The Kier molecular flexibility index (Phi) is 3.43. The molecule has 1 N–H and O–H groups in total. The second kappa shape index (κ2) is 5.58. The van der Waals surface area contributed by atoms with E-state index in [1.165, 1.54) is 40.3 Å². The molecule has 0 amide bonds. The van der Waals surface area contributed by atoms with E-state index in [-0.39, 0.29) is 0 Å². The van der Waals surface area contributed by atoms with E-state index in [1.54, 1.807) is 0 Å². The van der Waals surface area contributed by atoms with E-state index >= 15 is 0 Å². The molecule has 22 heavy (non-hydrogen) atoms. The normalized spacial score (nSPS) is 14.6. The molecule has 2 aromatic carbocycles. The van der Waals surface area contributed by atoms with Gasteiger partial charge in [-0.1, -0.05) is 36.4 Å². The van der Waals surface area contributed by atoms with Crippen molar-refractivity contribution < 1.29 is 0 Å². The predicted molar refractivity (Wildman–Crippen MR) is 90.7 cm³/mol. The van der Waals surface area contributed by atoms with Crippen LogP contribution in [-0.4, -0.2) is 16.8 Å². The minimum absolute atomic E-state index is 0.850. The molecule has 1 heterocycles. The predicted octanol–water partition coefficient (Wildman–Crippen LogP) is 3.83. The van der Waals surface area contributed by atoms with Gasteiger partial charge in [-0.25, -0.2) is 0 Å². The van der Waals surface area contributed by atoms with Crippen molar-refractivity contribution in [3.8, 4) is 11.1 Å². The molecular formula is C19H21N3. The van der Waals surface area contributed by atoms with Crippen LogP contribution in [0.2, 0.25) is 0 Å². The first-order chi connectivity index (χ1) is 10.8. The summed E-state index contributed by atoms with van der Waals surface area (Å²) in [6, 6.07) is 13.1. The van der Waals surface area contributed by atoms with Gasteiger partial charge in [0.25, 0.3) is 0 Å². The van der Waals surface area contributed by atoms with Crippen LogP contribution in [0.15, 0.2) is 48.8 Å². The van der Waals surface area contributed by atoms with E-state index in [2.05, 4.69) is 57.7 Å². The third kappa shape index (κ3) is 2.53. The first kappa shape index (κ1) is 13.5. The van der Waals surface area contributed by atoms with Crippen LogP contribution in [0.5, 0.6) is 0 Å². The Hall–Kier alpha value is -2.13. The Labute approximate surface area is 131 Å². The van der Waals surface area contributed by atoms with E-state index in [0.717, 1.165) is 19.0 Å². The largest absolute Gasteiger partial charge is 0.316 e. The number of fused-ring (bicyclic) bond motifs is 1. The fraction of sp³-hybridized carbons (Fsp3) is 0.316. The molecule has 1 aliphatic carbocycles. The van der Waals surface area contributed by atoms with Crippen molar-refractivity contribution in [3.05, 3.63) is 54.4 Å². The molecule has 3 nitrogen and oxygen atoms in total. The second-order valence-corrected chi connectivity index (χ2v) is 6.24. The van der Waals surface area contributed by atoms with Crippen LogP contribution in [0, 0.1) is 5.92 Å². The van der Waals surface area contributed by atoms with E-state index in [9.17, 15) is 0 Å². The van der Waals surface area contributed by atoms with Gasteiger partial charge in [-0.05, 0) is 47.7 Å². The Bertz CT molecular complexity index is 799. The Balaban J connectivity index is 1.77. The first-order valence-electron chi connectivity index (χ1n) is 8.03. The van der Waals surface area contributed by atoms with E-state index in [4.69, 9.17) is 0 Å². The molecule has 0 spiro atoms. The summed E-state index contributed by atoms with van der Waals surface area (Å²) in [7, 11) is 1.99. The first-order valence-corrected chi connectivity index (χ1v) is 8.03. The van der Waals surface area contributed by atoms with Gasteiger partial charge in [-0.2, -0.15) is 5.10 Å². The van der Waals surface area contributed by atoms with Crippen LogP contribution in [0.1, 0.15) is 18.4 Å². The molecule has 0 radical (unpaired) electrons. The molecule has 0 atom stereocenters. The molecule has 0 saturated heterocycles. The van der Waals surface area contributed by atoms with Crippen molar-refractivity contribution in [1.29, 1.82) is 0 Å². The van der Waals surface area contributed by atoms with Crippen molar-refractivity contribution in [2.75, 3.05) is 7.05 Å². The van der Waals surface area contributed by atoms with Gasteiger partial charge in [0.2, 0.25) is 0 Å². The quantitative estimate of drug-likeness (QED) is 0.774. The molecule has 0 aliphatic heterocycles. The molecular weight excluding hydrogens is 270 g/mol. The third-order valence-corrected chi connectivity index (χ3v) is 4.47. The average molecular weight is 291 g/mol. The van der Waals surface area contributed by atoms with Crippen LogP contribution in [0.3, 0.4) is 0 Å². The average Bonchev–Trinajstić information content (AvgIpc) is 3.24. The fourth-order valence-electron chi connectivity index (χ4n) is 3.13. The maximum atomic E-state index is 4.54. The number of nitrogens with zero attached hydrogens (tertiary/aromatic N) is 2. The Morgan fingerprint density at radius 3 is 2.73 bits per heavy atom. The summed E-state index contributed by atoms with van der Waals surface area (Å²) >= 11 is 0. The number of aromatic nitrogens is 2. The number of hydrogen-bond donors (Lipinski definition) is 1. The van der Waals surface area contributed by atoms with Gasteiger partial charge in [0.05, 0.1) is 6.20 Å². The highest BCUT2D eigenvalue weighted by Gasteiger charge is 2.22. The number of nitrogens with one attached hydrogen (secondary N) is 1. The van der Waals surface area contributed by atoms with Gasteiger partial charge in [-0.3, -0.25) is 4.68 Å². The molecule has 1 saturated carbocycles. The minimum atomic E-state index is 0.850. The van der Waals surface area contributed by atoms with Crippen LogP contribution in [-0.2, 0) is 13.1 Å². The van der Waals surface area contributed by atoms with Crippen molar-refractivity contribution >= 4 is 10.8 Å². The lowest BCUT2D eigenvalue weighted by atomic mass is 9.96. The molecule has 3 heteroatoms. The highest BCUT2D eigenvalue weighted by Crippen LogP contribution is 2.33. The van der Waals surface area contributed by atoms with Crippen molar-refractivity contribution in [2.24, 2.45) is 5.92 Å². The summed E-state index contributed by atoms with van der Waals surface area (Å²) in [6.07, 6.45) is 6.91. The van der Waals surface area contributed by atoms with Crippen molar-refractivity contribution in [3.63, 3.8) is 0 Å². The van der Waals surface area contributed by atoms with Crippen LogP contribution < -0.4 is 5.32 Å². The summed E-state index contributed by atoms with van der Waals surface area (Å²) in [5.74, 6) is 0.850. The lowest BCUT2D eigenvalue weighted by molar-refractivity contribution is 0.563. The lowest BCUT2D eigenvalue weighted by Crippen LogP contribution is -2.05. The third-order valence-electron chi connectivity index (χ3n) is 4.47. The molecule has 112 valence electrons. The highest BCUT2D eigenvalue weighted by atomic mass is 15.3. The summed E-state index contributed by atoms with van der Waals surface area (Å²) in [5, 5.41) is 10.4. The van der Waals surface area contributed by atoms with E-state index < -0.39 is 0 Å². The van der Waals surface area contributed by atoms with Crippen LogP contribution in [0.25, 0.3) is 21.9 Å². The molecule has 0 bridgehead atoms. The smallest absolute Gasteiger partial charge is 0.0568 e. The van der Waals surface area contributed by atoms with E-state index in [0.29, 0.717) is 0 Å². The number of benzene rings is 2. The van der Waals surface area contributed by atoms with Gasteiger partial charge in [0.1, 0.15) is 0 Å². The lowest BCUT2D eigenvalue weighted by Gasteiger charge is -2.10. The maximum Gasteiger partial charge on any atom is 0.0568 e. The summed E-state index contributed by atoms with van der Waals surface area (Å²) in [4.78, 5) is 0. The van der Waals surface area contributed by atoms with Gasteiger partial charge in [-0.15, -0.1) is 0 Å². The van der Waals surface area contributed by atoms with Crippen LogP contribution >= 0.6 is 0 Å². The molecule has 1 aliphatic rings. The fourth-order valence-corrected chi connectivity index (χ4v) is 3.13. The van der Waals surface area contributed by atoms with Gasteiger partial charge in [0.15, 0.2) is 0 Å². The SMILES string of the molecule is CNCc1ccc(-c2cnn(CC3CC3)c2)c2ccccc12. The molecule has 3 aromatic rings. The van der Waals surface area contributed by atoms with Crippen molar-refractivity contribution in [2.45, 2.75) is 25.9 Å². The van der Waals surface area contributed by atoms with Gasteiger partial charge in [0, 0.05) is 24.8 Å². The zero-order valence-corrected chi connectivity index (χ0v) is 12.9. The summed E-state index contributed by atoms with van der Waals surface area (Å²) in [5.41, 5.74) is 3.83. The number of hydrogen-bond acceptors (Lipinski definition) is 2. The Morgan fingerprint density at radius 1 is 1.14 bits per heavy atom. The number of rotatable bonds is 5. The molecule has 1 fully saturated rings. The van der Waals surface area contributed by atoms with Gasteiger partial charge < -0.3 is 5.32 Å². The molecule has 0 unspecified atom stereocenters. The van der Waals surface area contributed by atoms with Crippen molar-refractivity contribution in [1.82, 2.24) is 15.1 Å². The zero-order chi connectivity index (χ0) is 14.9. The molecule has 1 aromatic heterocycles. The zero-order valence-electron chi connectivity index (χ0n) is 12.9. The topological polar surface area (TPSA) is 29.9 Å². The molecule has 4 rings (SSSR count). The monoisotopic (exact) mass is 291 g/mol. The van der Waals surface area contributed by atoms with E-state index in [1.807, 2.05) is 13.2 Å². The maximum absolute atomic E-state index is 4.54. The highest BCUT2D eigenvalue weighted by molar-refractivity contribution is 5.98. The second-order valence-electron chi connectivity index (χ2n) is 6.24. The minimum Gasteiger partial charge on any atom is -0.316 e. The Morgan fingerprint density at radius 2 is 1.95 bits per heavy atom. The van der Waals surface area contributed by atoms with Crippen LogP contribution in [0.4, 0.5) is 0 Å². The summed E-state index contributed by atoms with van der Waals surface area (Å²) < 4.78 is 2.10. The standard InChI is InChI=1S/C19H21N3/c1-20-10-15-8-9-18(19-5-3-2-4-17(15)19)16-11-21-22(13-16)12-14-6-7-14/h2-5,8-9,11,13-14,20H,6-7,10,12H2,1H3. The van der Waals surface area contributed by atoms with Gasteiger partial charge >= 0.3 is 0 Å². The summed E-state index contributed by atoms with van der Waals surface area (Å²) in [6.45, 7) is 1.96.